The highest BCUT2D eigenvalue weighted by Crippen LogP contribution is 2.31. The second-order valence-corrected chi connectivity index (χ2v) is 7.04. The van der Waals surface area contributed by atoms with Crippen LogP contribution in [0, 0.1) is 0 Å². The Morgan fingerprint density at radius 1 is 1.24 bits per heavy atom. The highest BCUT2D eigenvalue weighted by molar-refractivity contribution is 9.10. The van der Waals surface area contributed by atoms with Gasteiger partial charge >= 0.3 is 0 Å². The van der Waals surface area contributed by atoms with Crippen molar-refractivity contribution in [3.05, 3.63) is 58.8 Å². The van der Waals surface area contributed by atoms with Crippen LogP contribution in [0.15, 0.2) is 53.0 Å². The molecule has 0 saturated carbocycles. The fraction of sp³-hybridized carbons (Fsp3) is 0.263. The number of para-hydroxylation sites is 2. The lowest BCUT2D eigenvalue weighted by Crippen LogP contribution is -2.34. The lowest BCUT2D eigenvalue weighted by molar-refractivity contribution is -0.134. The normalized spacial score (nSPS) is 17.2. The quantitative estimate of drug-likeness (QED) is 0.719. The first-order valence-electron chi connectivity index (χ1n) is 8.33. The molecule has 1 N–H and O–H groups in total. The zero-order valence-corrected chi connectivity index (χ0v) is 15.2. The summed E-state index contributed by atoms with van der Waals surface area (Å²) in [7, 11) is 0. The highest BCUT2D eigenvalue weighted by Gasteiger charge is 2.32. The van der Waals surface area contributed by atoms with E-state index in [1.54, 1.807) is 0 Å². The van der Waals surface area contributed by atoms with E-state index in [4.69, 9.17) is 4.74 Å². The number of carbonyl (C=O) groups is 1. The standard InChI is InChI=1S/C19H18BrN3O2/c20-13-7-9-14(10-8-13)25-12-18(24)23-11-3-6-17(23)19-21-15-4-1-2-5-16(15)22-19/h1-2,4-5,7-10,17H,3,6,11-12H2,(H,21,22). The van der Waals surface area contributed by atoms with E-state index in [1.807, 2.05) is 53.4 Å². The second-order valence-electron chi connectivity index (χ2n) is 6.13. The minimum Gasteiger partial charge on any atom is -0.484 e. The molecule has 2 heterocycles. The molecule has 6 heteroatoms. The van der Waals surface area contributed by atoms with Gasteiger partial charge in [0, 0.05) is 11.0 Å². The van der Waals surface area contributed by atoms with Crippen molar-refractivity contribution < 1.29 is 9.53 Å². The van der Waals surface area contributed by atoms with Crippen molar-refractivity contribution in [2.75, 3.05) is 13.2 Å². The number of imidazole rings is 1. The lowest BCUT2D eigenvalue weighted by Gasteiger charge is -2.23. The van der Waals surface area contributed by atoms with Gasteiger partial charge in [-0.2, -0.15) is 0 Å². The molecule has 25 heavy (non-hydrogen) atoms. The number of halogens is 1. The lowest BCUT2D eigenvalue weighted by atomic mass is 10.2. The molecule has 1 amide bonds. The van der Waals surface area contributed by atoms with Crippen LogP contribution in [0.4, 0.5) is 0 Å². The second kappa shape index (κ2) is 6.88. The monoisotopic (exact) mass is 399 g/mol. The topological polar surface area (TPSA) is 58.2 Å². The van der Waals surface area contributed by atoms with Gasteiger partial charge in [-0.3, -0.25) is 4.79 Å². The van der Waals surface area contributed by atoms with Gasteiger partial charge in [-0.15, -0.1) is 0 Å². The predicted molar refractivity (Wildman–Crippen MR) is 99.4 cm³/mol. The number of rotatable bonds is 4. The van der Waals surface area contributed by atoms with Gasteiger partial charge in [-0.25, -0.2) is 4.98 Å². The number of hydrogen-bond acceptors (Lipinski definition) is 3. The van der Waals surface area contributed by atoms with Crippen LogP contribution in [0.3, 0.4) is 0 Å². The number of carbonyl (C=O) groups excluding carboxylic acids is 1. The van der Waals surface area contributed by atoms with Crippen molar-refractivity contribution in [1.29, 1.82) is 0 Å². The minimum atomic E-state index is -0.00845. The first-order chi connectivity index (χ1) is 12.2. The van der Waals surface area contributed by atoms with Crippen molar-refractivity contribution in [2.24, 2.45) is 0 Å². The Hall–Kier alpha value is -2.34. The van der Waals surface area contributed by atoms with E-state index in [0.717, 1.165) is 40.7 Å². The fourth-order valence-electron chi connectivity index (χ4n) is 3.24. The van der Waals surface area contributed by atoms with Crippen LogP contribution in [0.1, 0.15) is 24.7 Å². The summed E-state index contributed by atoms with van der Waals surface area (Å²) in [5, 5.41) is 0. The Morgan fingerprint density at radius 3 is 2.84 bits per heavy atom. The Morgan fingerprint density at radius 2 is 2.04 bits per heavy atom. The fourth-order valence-corrected chi connectivity index (χ4v) is 3.50. The van der Waals surface area contributed by atoms with Gasteiger partial charge in [0.2, 0.25) is 0 Å². The van der Waals surface area contributed by atoms with E-state index in [1.165, 1.54) is 0 Å². The van der Waals surface area contributed by atoms with Crippen LogP contribution in [-0.2, 0) is 4.79 Å². The van der Waals surface area contributed by atoms with Gasteiger partial charge in [-0.05, 0) is 49.2 Å². The van der Waals surface area contributed by atoms with E-state index < -0.39 is 0 Å². The van der Waals surface area contributed by atoms with Crippen LogP contribution >= 0.6 is 15.9 Å². The molecular formula is C19H18BrN3O2. The number of nitrogens with zero attached hydrogens (tertiary/aromatic N) is 2. The molecule has 1 saturated heterocycles. The SMILES string of the molecule is O=C(COc1ccc(Br)cc1)N1CCCC1c1nc2ccccc2[nH]1. The van der Waals surface area contributed by atoms with Gasteiger partial charge in [0.25, 0.3) is 5.91 Å². The Kier molecular flexibility index (Phi) is 4.44. The van der Waals surface area contributed by atoms with E-state index in [-0.39, 0.29) is 18.6 Å². The minimum absolute atomic E-state index is 0.00609. The molecule has 0 aliphatic carbocycles. The summed E-state index contributed by atoms with van der Waals surface area (Å²) in [5.41, 5.74) is 1.94. The van der Waals surface area contributed by atoms with E-state index >= 15 is 0 Å². The molecule has 1 aromatic heterocycles. The maximum absolute atomic E-state index is 12.6. The first kappa shape index (κ1) is 16.1. The summed E-state index contributed by atoms with van der Waals surface area (Å²) < 4.78 is 6.62. The van der Waals surface area contributed by atoms with Gasteiger partial charge < -0.3 is 14.6 Å². The van der Waals surface area contributed by atoms with Crippen LogP contribution in [-0.4, -0.2) is 33.9 Å². The van der Waals surface area contributed by atoms with Gasteiger partial charge in [0.05, 0.1) is 17.1 Å². The summed E-state index contributed by atoms with van der Waals surface area (Å²) in [4.78, 5) is 22.5. The number of hydrogen-bond donors (Lipinski definition) is 1. The summed E-state index contributed by atoms with van der Waals surface area (Å²) in [6.07, 6.45) is 1.90. The average Bonchev–Trinajstić information content (AvgIpc) is 3.27. The number of likely N-dealkylation sites (tertiary alicyclic amines) is 1. The zero-order chi connectivity index (χ0) is 17.2. The third-order valence-corrected chi connectivity index (χ3v) is 5.00. The summed E-state index contributed by atoms with van der Waals surface area (Å²) in [5.74, 6) is 1.54. The van der Waals surface area contributed by atoms with Crippen molar-refractivity contribution in [1.82, 2.24) is 14.9 Å². The number of fused-ring (bicyclic) bond motifs is 1. The third kappa shape index (κ3) is 3.39. The number of ether oxygens (including phenoxy) is 1. The molecular weight excluding hydrogens is 382 g/mol. The number of benzene rings is 2. The highest BCUT2D eigenvalue weighted by atomic mass is 79.9. The van der Waals surface area contributed by atoms with Gasteiger partial charge in [0.15, 0.2) is 6.61 Å². The van der Waals surface area contributed by atoms with Gasteiger partial charge in [0.1, 0.15) is 11.6 Å². The van der Waals surface area contributed by atoms with Crippen molar-refractivity contribution >= 4 is 32.9 Å². The van der Waals surface area contributed by atoms with E-state index in [2.05, 4.69) is 25.9 Å². The Labute approximate surface area is 154 Å². The van der Waals surface area contributed by atoms with Crippen molar-refractivity contribution in [3.63, 3.8) is 0 Å². The van der Waals surface area contributed by atoms with Crippen molar-refractivity contribution in [3.8, 4) is 5.75 Å². The molecule has 128 valence electrons. The Bertz CT molecular complexity index is 858. The molecule has 3 aromatic rings. The van der Waals surface area contributed by atoms with Crippen molar-refractivity contribution in [2.45, 2.75) is 18.9 Å². The molecule has 1 unspecified atom stereocenters. The molecule has 0 radical (unpaired) electrons. The summed E-state index contributed by atoms with van der Waals surface area (Å²) in [6.45, 7) is 0.780. The molecule has 0 bridgehead atoms. The smallest absolute Gasteiger partial charge is 0.261 e. The third-order valence-electron chi connectivity index (χ3n) is 4.47. The van der Waals surface area contributed by atoms with E-state index in [0.29, 0.717) is 5.75 Å². The first-order valence-corrected chi connectivity index (χ1v) is 9.12. The molecule has 1 aliphatic heterocycles. The molecule has 0 spiro atoms. The number of nitrogens with one attached hydrogen (secondary N) is 1. The maximum Gasteiger partial charge on any atom is 0.261 e. The number of aromatic nitrogens is 2. The molecule has 1 aliphatic rings. The van der Waals surface area contributed by atoms with Crippen LogP contribution < -0.4 is 4.74 Å². The Balaban J connectivity index is 1.46. The predicted octanol–water partition coefficient (Wildman–Crippen LogP) is 4.07. The molecule has 2 aromatic carbocycles. The van der Waals surface area contributed by atoms with E-state index in [9.17, 15) is 4.79 Å². The largest absolute Gasteiger partial charge is 0.484 e. The average molecular weight is 400 g/mol. The maximum atomic E-state index is 12.6. The summed E-state index contributed by atoms with van der Waals surface area (Å²) >= 11 is 3.39. The van der Waals surface area contributed by atoms with Crippen LogP contribution in [0.25, 0.3) is 11.0 Å². The molecule has 5 nitrogen and oxygen atoms in total. The molecule has 4 rings (SSSR count). The van der Waals surface area contributed by atoms with Crippen LogP contribution in [0.2, 0.25) is 0 Å². The number of amides is 1. The van der Waals surface area contributed by atoms with Gasteiger partial charge in [-0.1, -0.05) is 28.1 Å². The zero-order valence-electron chi connectivity index (χ0n) is 13.6. The number of H-pyrrole nitrogens is 1. The summed E-state index contributed by atoms with van der Waals surface area (Å²) in [6, 6.07) is 15.4. The molecule has 1 atom stereocenters. The van der Waals surface area contributed by atoms with Crippen LogP contribution in [0.5, 0.6) is 5.75 Å². The molecule has 1 fully saturated rings. The number of aromatic amines is 1.